The predicted octanol–water partition coefficient (Wildman–Crippen LogP) is 4.75. The van der Waals surface area contributed by atoms with Crippen LogP contribution in [0.2, 0.25) is 0 Å². The molecule has 46 heavy (non-hydrogen) atoms. The van der Waals surface area contributed by atoms with Crippen LogP contribution in [0.3, 0.4) is 0 Å². The normalized spacial score (nSPS) is 11.3. The second-order valence-electron chi connectivity index (χ2n) is 12.3. The van der Waals surface area contributed by atoms with Crippen LogP contribution < -0.4 is 0 Å². The topological polar surface area (TPSA) is 158 Å². The van der Waals surface area contributed by atoms with Gasteiger partial charge < -0.3 is 28.4 Å². The van der Waals surface area contributed by atoms with Gasteiger partial charge in [-0.2, -0.15) is 0 Å². The van der Waals surface area contributed by atoms with E-state index in [0.717, 1.165) is 12.2 Å². The Morgan fingerprint density at radius 1 is 0.457 bits per heavy atom. The highest BCUT2D eigenvalue weighted by atomic mass is 16.6. The first-order chi connectivity index (χ1) is 21.6. The summed E-state index contributed by atoms with van der Waals surface area (Å²) in [5.74, 6) is -4.74. The van der Waals surface area contributed by atoms with Crippen LogP contribution in [-0.2, 0) is 38.0 Å². The molecule has 12 heteroatoms. The van der Waals surface area contributed by atoms with Gasteiger partial charge in [0.25, 0.3) is 0 Å². The van der Waals surface area contributed by atoms with Gasteiger partial charge in [0, 0.05) is 12.2 Å². The molecule has 2 aromatic carbocycles. The van der Waals surface area contributed by atoms with E-state index >= 15 is 0 Å². The van der Waals surface area contributed by atoms with Crippen molar-refractivity contribution in [1.82, 2.24) is 0 Å². The lowest BCUT2D eigenvalue weighted by Crippen LogP contribution is -2.21. The SMILES string of the molecule is CC(C)(C)COC(=O)c1ccccc1C(=O)OCCOC(=O)/C=C/C(=O)OCCOC(=O)c1ccccc1C(=O)OCC(C)(C)C. The smallest absolute Gasteiger partial charge is 0.339 e. The van der Waals surface area contributed by atoms with E-state index in [1.807, 2.05) is 41.5 Å². The molecule has 0 aliphatic rings. The molecule has 0 saturated heterocycles. The lowest BCUT2D eigenvalue weighted by molar-refractivity contribution is -0.141. The Labute approximate surface area is 267 Å². The van der Waals surface area contributed by atoms with Crippen LogP contribution in [0.5, 0.6) is 0 Å². The molecule has 12 nitrogen and oxygen atoms in total. The van der Waals surface area contributed by atoms with Crippen LogP contribution in [0.4, 0.5) is 0 Å². The zero-order valence-electron chi connectivity index (χ0n) is 26.9. The molecule has 0 N–H and O–H groups in total. The van der Waals surface area contributed by atoms with Crippen molar-refractivity contribution in [3.05, 3.63) is 82.9 Å². The lowest BCUT2D eigenvalue weighted by atomic mass is 9.98. The molecule has 2 rings (SSSR count). The highest BCUT2D eigenvalue weighted by Crippen LogP contribution is 2.18. The Morgan fingerprint density at radius 2 is 0.717 bits per heavy atom. The van der Waals surface area contributed by atoms with E-state index in [4.69, 9.17) is 28.4 Å². The fraction of sp³-hybridized carbons (Fsp3) is 0.412. The van der Waals surface area contributed by atoms with Crippen molar-refractivity contribution >= 4 is 35.8 Å². The summed E-state index contributed by atoms with van der Waals surface area (Å²) in [5.41, 5.74) is -0.410. The molecule has 248 valence electrons. The minimum Gasteiger partial charge on any atom is -0.462 e. The third-order valence-corrected chi connectivity index (χ3v) is 5.48. The highest BCUT2D eigenvalue weighted by Gasteiger charge is 2.22. The number of esters is 6. The van der Waals surface area contributed by atoms with Crippen molar-refractivity contribution in [3.8, 4) is 0 Å². The molecule has 0 atom stereocenters. The van der Waals surface area contributed by atoms with Gasteiger partial charge in [-0.3, -0.25) is 0 Å². The van der Waals surface area contributed by atoms with Gasteiger partial charge in [0.15, 0.2) is 0 Å². The summed E-state index contributed by atoms with van der Waals surface area (Å²) in [6.07, 6.45) is 1.63. The number of hydrogen-bond donors (Lipinski definition) is 0. The number of rotatable bonds is 14. The second-order valence-corrected chi connectivity index (χ2v) is 12.3. The third kappa shape index (κ3) is 13.7. The number of hydrogen-bond acceptors (Lipinski definition) is 12. The number of benzene rings is 2. The third-order valence-electron chi connectivity index (χ3n) is 5.48. The number of carbonyl (C=O) groups is 6. The summed E-state index contributed by atoms with van der Waals surface area (Å²) in [6, 6.07) is 12.0. The summed E-state index contributed by atoms with van der Waals surface area (Å²) >= 11 is 0. The van der Waals surface area contributed by atoms with Crippen LogP contribution in [-0.4, -0.2) is 75.5 Å². The molecule has 0 unspecified atom stereocenters. The van der Waals surface area contributed by atoms with Crippen LogP contribution >= 0.6 is 0 Å². The minimum atomic E-state index is -0.902. The standard InChI is InChI=1S/C34H40O12/c1-33(2,3)21-45-31(39)25-13-9-7-11-23(25)29(37)43-19-17-41-27(35)15-16-28(36)42-18-20-44-30(38)24-12-8-10-14-26(24)32(40)46-22-34(4,5)6/h7-16H,17-22H2,1-6H3/b16-15+. The lowest BCUT2D eigenvalue weighted by Gasteiger charge is -2.18. The molecule has 0 saturated carbocycles. The van der Waals surface area contributed by atoms with Crippen molar-refractivity contribution in [3.63, 3.8) is 0 Å². The molecular weight excluding hydrogens is 600 g/mol. The van der Waals surface area contributed by atoms with E-state index in [0.29, 0.717) is 0 Å². The molecule has 0 aromatic heterocycles. The predicted molar refractivity (Wildman–Crippen MR) is 164 cm³/mol. The van der Waals surface area contributed by atoms with Crippen molar-refractivity contribution < 1.29 is 57.2 Å². The number of ether oxygens (including phenoxy) is 6. The van der Waals surface area contributed by atoms with Crippen LogP contribution in [0, 0.1) is 10.8 Å². The quantitative estimate of drug-likeness (QED) is 0.121. The molecular formula is C34H40O12. The Hall–Kier alpha value is -5.00. The van der Waals surface area contributed by atoms with Crippen molar-refractivity contribution in [1.29, 1.82) is 0 Å². The monoisotopic (exact) mass is 640 g/mol. The molecule has 0 aliphatic heterocycles. The molecule has 0 amide bonds. The first-order valence-electron chi connectivity index (χ1n) is 14.5. The molecule has 0 aliphatic carbocycles. The zero-order chi connectivity index (χ0) is 34.3. The fourth-order valence-electron chi connectivity index (χ4n) is 3.34. The van der Waals surface area contributed by atoms with E-state index < -0.39 is 35.8 Å². The van der Waals surface area contributed by atoms with Gasteiger partial charge in [0.05, 0.1) is 35.5 Å². The Morgan fingerprint density at radius 3 is 1.00 bits per heavy atom. The maximum absolute atomic E-state index is 12.5. The fourth-order valence-corrected chi connectivity index (χ4v) is 3.34. The summed E-state index contributed by atoms with van der Waals surface area (Å²) in [6.45, 7) is 10.5. The average Bonchev–Trinajstić information content (AvgIpc) is 3.00. The molecule has 0 bridgehead atoms. The Bertz CT molecular complexity index is 1320. The van der Waals surface area contributed by atoms with Gasteiger partial charge in [0.1, 0.15) is 26.4 Å². The van der Waals surface area contributed by atoms with Crippen LogP contribution in [0.1, 0.15) is 83.0 Å². The first-order valence-corrected chi connectivity index (χ1v) is 14.5. The van der Waals surface area contributed by atoms with Gasteiger partial charge in [-0.1, -0.05) is 65.8 Å². The molecule has 0 radical (unpaired) electrons. The molecule has 0 heterocycles. The van der Waals surface area contributed by atoms with E-state index in [-0.39, 0.29) is 72.7 Å². The Kier molecular flexibility index (Phi) is 14.1. The van der Waals surface area contributed by atoms with E-state index in [1.165, 1.54) is 24.3 Å². The molecule has 2 aromatic rings. The minimum absolute atomic E-state index is 0.00358. The maximum atomic E-state index is 12.5. The van der Waals surface area contributed by atoms with E-state index in [9.17, 15) is 28.8 Å². The van der Waals surface area contributed by atoms with Gasteiger partial charge >= 0.3 is 35.8 Å². The van der Waals surface area contributed by atoms with Crippen molar-refractivity contribution in [2.75, 3.05) is 39.6 Å². The summed E-state index contributed by atoms with van der Waals surface area (Å²) in [5, 5.41) is 0. The van der Waals surface area contributed by atoms with Gasteiger partial charge in [-0.25, -0.2) is 28.8 Å². The van der Waals surface area contributed by atoms with Crippen molar-refractivity contribution in [2.45, 2.75) is 41.5 Å². The largest absolute Gasteiger partial charge is 0.462 e. The Balaban J connectivity index is 1.72. The molecule has 0 fully saturated rings. The van der Waals surface area contributed by atoms with Gasteiger partial charge in [-0.15, -0.1) is 0 Å². The second kappa shape index (κ2) is 17.5. The van der Waals surface area contributed by atoms with E-state index in [2.05, 4.69) is 0 Å². The van der Waals surface area contributed by atoms with E-state index in [1.54, 1.807) is 24.3 Å². The van der Waals surface area contributed by atoms with Gasteiger partial charge in [0.2, 0.25) is 0 Å². The highest BCUT2D eigenvalue weighted by molar-refractivity contribution is 6.04. The summed E-state index contributed by atoms with van der Waals surface area (Å²) < 4.78 is 30.5. The van der Waals surface area contributed by atoms with Crippen molar-refractivity contribution in [2.24, 2.45) is 10.8 Å². The van der Waals surface area contributed by atoms with Gasteiger partial charge in [-0.05, 0) is 35.1 Å². The summed E-state index contributed by atoms with van der Waals surface area (Å²) in [4.78, 5) is 73.6. The molecule has 0 spiro atoms. The average molecular weight is 641 g/mol. The first kappa shape index (κ1) is 37.2. The van der Waals surface area contributed by atoms with Crippen LogP contribution in [0.25, 0.3) is 0 Å². The summed E-state index contributed by atoms with van der Waals surface area (Å²) in [7, 11) is 0. The maximum Gasteiger partial charge on any atom is 0.339 e. The van der Waals surface area contributed by atoms with Crippen LogP contribution in [0.15, 0.2) is 60.7 Å². The number of carbonyl (C=O) groups excluding carboxylic acids is 6. The zero-order valence-corrected chi connectivity index (χ0v) is 26.9.